The van der Waals surface area contributed by atoms with Gasteiger partial charge < -0.3 is 5.32 Å². The lowest BCUT2D eigenvalue weighted by Gasteiger charge is -2.23. The topological polar surface area (TPSA) is 55.6 Å². The molecule has 1 fully saturated rings. The number of nitrogens with one attached hydrogen (secondary N) is 1. The second-order valence-corrected chi connectivity index (χ2v) is 4.65. The van der Waals surface area contributed by atoms with Crippen molar-refractivity contribution in [2.24, 2.45) is 7.05 Å². The molecular formula is C13H17N5. The van der Waals surface area contributed by atoms with Crippen molar-refractivity contribution in [2.75, 3.05) is 13.1 Å². The first kappa shape index (κ1) is 11.3. The summed E-state index contributed by atoms with van der Waals surface area (Å²) in [6.07, 6.45) is 7.60. The fourth-order valence-corrected chi connectivity index (χ4v) is 2.55. The number of hydrogen-bond donors (Lipinski definition) is 1. The predicted octanol–water partition coefficient (Wildman–Crippen LogP) is 1.34. The Morgan fingerprint density at radius 3 is 2.67 bits per heavy atom. The Morgan fingerprint density at radius 1 is 1.17 bits per heavy atom. The molecule has 94 valence electrons. The monoisotopic (exact) mass is 243 g/mol. The van der Waals surface area contributed by atoms with Crippen molar-refractivity contribution in [1.29, 1.82) is 0 Å². The van der Waals surface area contributed by atoms with Gasteiger partial charge in [0, 0.05) is 31.6 Å². The minimum absolute atomic E-state index is 0.504. The number of aryl methyl sites for hydroxylation is 1. The zero-order valence-electron chi connectivity index (χ0n) is 10.5. The molecule has 1 saturated heterocycles. The molecular weight excluding hydrogens is 226 g/mol. The standard InChI is InChI=1S/C13H17N5/c1-18-11(4-7-17-18)13-12(15-8-9-16-13)10-2-5-14-6-3-10/h4,7-10,14H,2-3,5-6H2,1H3. The van der Waals surface area contributed by atoms with Crippen LogP contribution in [0.1, 0.15) is 24.5 Å². The first-order valence-corrected chi connectivity index (χ1v) is 6.36. The highest BCUT2D eigenvalue weighted by Gasteiger charge is 2.21. The number of rotatable bonds is 2. The first-order chi connectivity index (χ1) is 8.86. The van der Waals surface area contributed by atoms with Crippen LogP contribution < -0.4 is 5.32 Å². The van der Waals surface area contributed by atoms with Gasteiger partial charge in [-0.05, 0) is 32.0 Å². The Kier molecular flexibility index (Phi) is 3.06. The van der Waals surface area contributed by atoms with Gasteiger partial charge in [-0.15, -0.1) is 0 Å². The van der Waals surface area contributed by atoms with Gasteiger partial charge in [0.05, 0.1) is 11.4 Å². The molecule has 0 aliphatic carbocycles. The van der Waals surface area contributed by atoms with E-state index in [-0.39, 0.29) is 0 Å². The summed E-state index contributed by atoms with van der Waals surface area (Å²) < 4.78 is 1.86. The number of piperidine rings is 1. The Morgan fingerprint density at radius 2 is 1.94 bits per heavy atom. The van der Waals surface area contributed by atoms with Gasteiger partial charge in [0.15, 0.2) is 0 Å². The molecule has 3 rings (SSSR count). The average molecular weight is 243 g/mol. The van der Waals surface area contributed by atoms with Gasteiger partial charge >= 0.3 is 0 Å². The fourth-order valence-electron chi connectivity index (χ4n) is 2.55. The molecule has 0 saturated carbocycles. The molecule has 0 aromatic carbocycles. The SMILES string of the molecule is Cn1nccc1-c1nccnc1C1CCNCC1. The third kappa shape index (κ3) is 2.01. The Labute approximate surface area is 106 Å². The molecule has 3 heterocycles. The van der Waals surface area contributed by atoms with E-state index in [1.165, 1.54) is 0 Å². The molecule has 18 heavy (non-hydrogen) atoms. The molecule has 0 unspecified atom stereocenters. The molecule has 0 atom stereocenters. The highest BCUT2D eigenvalue weighted by Crippen LogP contribution is 2.30. The molecule has 5 heteroatoms. The molecule has 0 bridgehead atoms. The summed E-state index contributed by atoms with van der Waals surface area (Å²) in [5.41, 5.74) is 3.13. The summed E-state index contributed by atoms with van der Waals surface area (Å²) in [4.78, 5) is 9.08. The van der Waals surface area contributed by atoms with E-state index in [2.05, 4.69) is 20.4 Å². The van der Waals surface area contributed by atoms with Crippen molar-refractivity contribution in [1.82, 2.24) is 25.1 Å². The molecule has 5 nitrogen and oxygen atoms in total. The Bertz CT molecular complexity index is 528. The molecule has 0 radical (unpaired) electrons. The highest BCUT2D eigenvalue weighted by molar-refractivity contribution is 5.57. The number of hydrogen-bond acceptors (Lipinski definition) is 4. The van der Waals surface area contributed by atoms with Crippen LogP contribution in [0.4, 0.5) is 0 Å². The van der Waals surface area contributed by atoms with Crippen molar-refractivity contribution in [3.63, 3.8) is 0 Å². The van der Waals surface area contributed by atoms with E-state index in [0.29, 0.717) is 5.92 Å². The molecule has 2 aromatic rings. The molecule has 1 aliphatic rings. The summed E-state index contributed by atoms with van der Waals surface area (Å²) >= 11 is 0. The largest absolute Gasteiger partial charge is 0.317 e. The lowest BCUT2D eigenvalue weighted by Crippen LogP contribution is -2.27. The van der Waals surface area contributed by atoms with Crippen molar-refractivity contribution >= 4 is 0 Å². The van der Waals surface area contributed by atoms with Gasteiger partial charge in [-0.25, -0.2) is 0 Å². The maximum atomic E-state index is 4.57. The van der Waals surface area contributed by atoms with Gasteiger partial charge in [-0.2, -0.15) is 5.10 Å². The summed E-state index contributed by atoms with van der Waals surface area (Å²) in [6, 6.07) is 1.99. The summed E-state index contributed by atoms with van der Waals surface area (Å²) in [5, 5.41) is 7.60. The maximum absolute atomic E-state index is 4.57. The fraction of sp³-hybridized carbons (Fsp3) is 0.462. The molecule has 0 amide bonds. The van der Waals surface area contributed by atoms with Crippen LogP contribution in [0.2, 0.25) is 0 Å². The van der Waals surface area contributed by atoms with Gasteiger partial charge in [-0.1, -0.05) is 0 Å². The lowest BCUT2D eigenvalue weighted by atomic mass is 9.92. The number of nitrogens with zero attached hydrogens (tertiary/aromatic N) is 4. The van der Waals surface area contributed by atoms with Crippen LogP contribution in [-0.4, -0.2) is 32.8 Å². The van der Waals surface area contributed by atoms with Crippen LogP contribution in [0.3, 0.4) is 0 Å². The van der Waals surface area contributed by atoms with E-state index in [1.807, 2.05) is 17.8 Å². The second kappa shape index (κ2) is 4.86. The van der Waals surface area contributed by atoms with Gasteiger partial charge in [0.25, 0.3) is 0 Å². The summed E-state index contributed by atoms with van der Waals surface area (Å²) in [7, 11) is 1.94. The van der Waals surface area contributed by atoms with Crippen molar-refractivity contribution < 1.29 is 0 Å². The lowest BCUT2D eigenvalue weighted by molar-refractivity contribution is 0.453. The Balaban J connectivity index is 2.02. The average Bonchev–Trinajstić information content (AvgIpc) is 2.86. The zero-order valence-corrected chi connectivity index (χ0v) is 10.5. The molecule has 0 spiro atoms. The smallest absolute Gasteiger partial charge is 0.110 e. The number of aromatic nitrogens is 4. The van der Waals surface area contributed by atoms with Crippen LogP contribution in [0.5, 0.6) is 0 Å². The van der Waals surface area contributed by atoms with Gasteiger partial charge in [0.2, 0.25) is 0 Å². The van der Waals surface area contributed by atoms with Crippen LogP contribution in [0.15, 0.2) is 24.7 Å². The van der Waals surface area contributed by atoms with Crippen LogP contribution >= 0.6 is 0 Å². The molecule has 1 N–H and O–H groups in total. The maximum Gasteiger partial charge on any atom is 0.110 e. The first-order valence-electron chi connectivity index (χ1n) is 6.36. The second-order valence-electron chi connectivity index (χ2n) is 4.65. The summed E-state index contributed by atoms with van der Waals surface area (Å²) in [6.45, 7) is 2.12. The molecule has 1 aliphatic heterocycles. The summed E-state index contributed by atoms with van der Waals surface area (Å²) in [5.74, 6) is 0.504. The van der Waals surface area contributed by atoms with Gasteiger partial charge in [0.1, 0.15) is 5.69 Å². The quantitative estimate of drug-likeness (QED) is 0.865. The zero-order chi connectivity index (χ0) is 12.4. The minimum Gasteiger partial charge on any atom is -0.317 e. The van der Waals surface area contributed by atoms with Crippen LogP contribution in [0.25, 0.3) is 11.4 Å². The van der Waals surface area contributed by atoms with E-state index in [9.17, 15) is 0 Å². The van der Waals surface area contributed by atoms with E-state index >= 15 is 0 Å². The van der Waals surface area contributed by atoms with Crippen LogP contribution in [0, 0.1) is 0 Å². The Hall–Kier alpha value is -1.75. The van der Waals surface area contributed by atoms with E-state index in [0.717, 1.165) is 43.0 Å². The van der Waals surface area contributed by atoms with E-state index < -0.39 is 0 Å². The third-order valence-corrected chi connectivity index (χ3v) is 3.52. The van der Waals surface area contributed by atoms with Gasteiger partial charge in [-0.3, -0.25) is 14.6 Å². The normalized spacial score (nSPS) is 16.9. The third-order valence-electron chi connectivity index (χ3n) is 3.52. The van der Waals surface area contributed by atoms with Crippen LogP contribution in [-0.2, 0) is 7.05 Å². The van der Waals surface area contributed by atoms with Crippen molar-refractivity contribution in [3.8, 4) is 11.4 Å². The predicted molar refractivity (Wildman–Crippen MR) is 69.1 cm³/mol. The minimum atomic E-state index is 0.504. The van der Waals surface area contributed by atoms with Crippen molar-refractivity contribution in [3.05, 3.63) is 30.4 Å². The highest BCUT2D eigenvalue weighted by atomic mass is 15.3. The molecule has 2 aromatic heterocycles. The van der Waals surface area contributed by atoms with Crippen molar-refractivity contribution in [2.45, 2.75) is 18.8 Å². The van der Waals surface area contributed by atoms with E-state index in [1.54, 1.807) is 18.6 Å². The van der Waals surface area contributed by atoms with E-state index in [4.69, 9.17) is 0 Å².